The maximum atomic E-state index is 12.7. The summed E-state index contributed by atoms with van der Waals surface area (Å²) < 4.78 is 16.9. The number of methoxy groups -OCH3 is 1. The molecule has 3 aromatic carbocycles. The molecule has 0 aliphatic carbocycles. The molecule has 0 heterocycles. The highest BCUT2D eigenvalue weighted by atomic mass is 35.5. The van der Waals surface area contributed by atoms with Crippen molar-refractivity contribution in [2.75, 3.05) is 19.0 Å². The third-order valence-electron chi connectivity index (χ3n) is 4.59. The molecular formula is C26H23ClN2O4. The lowest BCUT2D eigenvalue weighted by atomic mass is 10.1. The maximum absolute atomic E-state index is 12.7. The molecule has 0 atom stereocenters. The Morgan fingerprint density at radius 1 is 1.03 bits per heavy atom. The van der Waals surface area contributed by atoms with Crippen molar-refractivity contribution in [3.05, 3.63) is 88.5 Å². The van der Waals surface area contributed by atoms with Gasteiger partial charge in [0, 0.05) is 5.02 Å². The molecule has 168 valence electrons. The molecule has 6 nitrogen and oxygen atoms in total. The Balaban J connectivity index is 1.81. The van der Waals surface area contributed by atoms with Crippen LogP contribution in [0.4, 0.5) is 5.69 Å². The molecule has 0 radical (unpaired) electrons. The SMILES string of the molecule is CCOc1cc(/C=C(\C#N)C(=O)Nc2cc(Cl)ccc2OC)ccc1OCc1ccccc1. The van der Waals surface area contributed by atoms with Crippen molar-refractivity contribution >= 4 is 29.3 Å². The zero-order valence-corrected chi connectivity index (χ0v) is 19.1. The number of nitrogens with one attached hydrogen (secondary N) is 1. The van der Waals surface area contributed by atoms with Crippen molar-refractivity contribution in [2.24, 2.45) is 0 Å². The number of halogens is 1. The summed E-state index contributed by atoms with van der Waals surface area (Å²) in [7, 11) is 1.48. The van der Waals surface area contributed by atoms with E-state index >= 15 is 0 Å². The van der Waals surface area contributed by atoms with Gasteiger partial charge in [-0.15, -0.1) is 0 Å². The number of carbonyl (C=O) groups is 1. The average molecular weight is 463 g/mol. The Morgan fingerprint density at radius 2 is 1.79 bits per heavy atom. The lowest BCUT2D eigenvalue weighted by Gasteiger charge is -2.13. The van der Waals surface area contributed by atoms with E-state index in [4.69, 9.17) is 25.8 Å². The lowest BCUT2D eigenvalue weighted by molar-refractivity contribution is -0.112. The minimum absolute atomic E-state index is 0.0857. The predicted molar refractivity (Wildman–Crippen MR) is 129 cm³/mol. The number of amides is 1. The fourth-order valence-corrected chi connectivity index (χ4v) is 3.19. The Bertz CT molecular complexity index is 1190. The second-order valence-corrected chi connectivity index (χ2v) is 7.32. The third kappa shape index (κ3) is 6.52. The van der Waals surface area contributed by atoms with Crippen molar-refractivity contribution in [3.8, 4) is 23.3 Å². The predicted octanol–water partition coefficient (Wildman–Crippen LogP) is 5.87. The molecule has 0 unspecified atom stereocenters. The summed E-state index contributed by atoms with van der Waals surface area (Å²) in [5.41, 5.74) is 1.94. The molecule has 0 spiro atoms. The first-order chi connectivity index (χ1) is 16.0. The van der Waals surface area contributed by atoms with Crippen LogP contribution in [0.1, 0.15) is 18.1 Å². The molecule has 3 rings (SSSR count). The second-order valence-electron chi connectivity index (χ2n) is 6.88. The number of benzene rings is 3. The van der Waals surface area contributed by atoms with Crippen molar-refractivity contribution in [3.63, 3.8) is 0 Å². The number of carbonyl (C=O) groups excluding carboxylic acids is 1. The van der Waals surface area contributed by atoms with Gasteiger partial charge in [-0.25, -0.2) is 0 Å². The van der Waals surface area contributed by atoms with E-state index in [2.05, 4.69) is 5.32 Å². The second kappa shape index (κ2) is 11.6. The van der Waals surface area contributed by atoms with Crippen molar-refractivity contribution in [2.45, 2.75) is 13.5 Å². The van der Waals surface area contributed by atoms with E-state index in [1.807, 2.05) is 43.3 Å². The molecule has 0 aliphatic rings. The van der Waals surface area contributed by atoms with Gasteiger partial charge in [-0.2, -0.15) is 5.26 Å². The van der Waals surface area contributed by atoms with E-state index in [1.54, 1.807) is 36.4 Å². The number of ether oxygens (including phenoxy) is 3. The van der Waals surface area contributed by atoms with E-state index in [0.717, 1.165) is 5.56 Å². The van der Waals surface area contributed by atoms with E-state index in [1.165, 1.54) is 13.2 Å². The summed E-state index contributed by atoms with van der Waals surface area (Å²) in [4.78, 5) is 12.7. The largest absolute Gasteiger partial charge is 0.495 e. The van der Waals surface area contributed by atoms with Crippen LogP contribution in [0.15, 0.2) is 72.3 Å². The highest BCUT2D eigenvalue weighted by Crippen LogP contribution is 2.31. The first-order valence-corrected chi connectivity index (χ1v) is 10.6. The van der Waals surface area contributed by atoms with E-state index < -0.39 is 5.91 Å². The molecule has 0 aliphatic heterocycles. The zero-order chi connectivity index (χ0) is 23.6. The van der Waals surface area contributed by atoms with Crippen LogP contribution in [0, 0.1) is 11.3 Å². The zero-order valence-electron chi connectivity index (χ0n) is 18.3. The van der Waals surface area contributed by atoms with Crippen molar-refractivity contribution in [1.29, 1.82) is 5.26 Å². The number of nitriles is 1. The third-order valence-corrected chi connectivity index (χ3v) is 4.83. The van der Waals surface area contributed by atoms with Gasteiger partial charge >= 0.3 is 0 Å². The van der Waals surface area contributed by atoms with Gasteiger partial charge in [0.25, 0.3) is 5.91 Å². The van der Waals surface area contributed by atoms with Gasteiger partial charge in [0.15, 0.2) is 11.5 Å². The van der Waals surface area contributed by atoms with Gasteiger partial charge in [-0.05, 0) is 54.5 Å². The molecule has 0 saturated heterocycles. The highest BCUT2D eigenvalue weighted by Gasteiger charge is 2.14. The highest BCUT2D eigenvalue weighted by molar-refractivity contribution is 6.31. The molecular weight excluding hydrogens is 440 g/mol. The normalized spacial score (nSPS) is 10.8. The summed E-state index contributed by atoms with van der Waals surface area (Å²) in [6.07, 6.45) is 1.48. The Kier molecular flexibility index (Phi) is 8.34. The fourth-order valence-electron chi connectivity index (χ4n) is 3.02. The monoisotopic (exact) mass is 462 g/mol. The summed E-state index contributed by atoms with van der Waals surface area (Å²) in [5, 5.41) is 12.7. The summed E-state index contributed by atoms with van der Waals surface area (Å²) in [5.74, 6) is 0.949. The molecule has 3 aromatic rings. The molecule has 0 bridgehead atoms. The van der Waals surface area contributed by atoms with E-state index in [0.29, 0.717) is 46.7 Å². The standard InChI is InChI=1S/C26H23ClN2O4/c1-3-32-25-14-19(9-11-24(25)33-17-18-7-5-4-6-8-18)13-20(16-28)26(30)29-22-15-21(27)10-12-23(22)31-2/h4-15H,3,17H2,1-2H3,(H,29,30)/b20-13+. The number of hydrogen-bond acceptors (Lipinski definition) is 5. The Morgan fingerprint density at radius 3 is 2.48 bits per heavy atom. The quantitative estimate of drug-likeness (QED) is 0.317. The van der Waals surface area contributed by atoms with E-state index in [-0.39, 0.29) is 5.57 Å². The minimum Gasteiger partial charge on any atom is -0.495 e. The number of hydrogen-bond donors (Lipinski definition) is 1. The molecule has 1 N–H and O–H groups in total. The average Bonchev–Trinajstić information content (AvgIpc) is 2.83. The summed E-state index contributed by atoms with van der Waals surface area (Å²) >= 11 is 6.01. The van der Waals surface area contributed by atoms with Gasteiger partial charge in [-0.1, -0.05) is 48.0 Å². The van der Waals surface area contributed by atoms with Gasteiger partial charge in [0.05, 0.1) is 19.4 Å². The van der Waals surface area contributed by atoms with E-state index in [9.17, 15) is 10.1 Å². The van der Waals surface area contributed by atoms with Crippen LogP contribution in [-0.2, 0) is 11.4 Å². The molecule has 0 fully saturated rings. The van der Waals surface area contributed by atoms with Gasteiger partial charge < -0.3 is 19.5 Å². The number of anilines is 1. The molecule has 0 saturated carbocycles. The van der Waals surface area contributed by atoms with Gasteiger partial charge in [0.1, 0.15) is 24.0 Å². The first kappa shape index (κ1) is 23.7. The number of rotatable bonds is 9. The van der Waals surface area contributed by atoms with Crippen LogP contribution < -0.4 is 19.5 Å². The molecule has 33 heavy (non-hydrogen) atoms. The minimum atomic E-state index is -0.583. The van der Waals surface area contributed by atoms with Crippen LogP contribution in [0.25, 0.3) is 6.08 Å². The van der Waals surface area contributed by atoms with Crippen molar-refractivity contribution in [1.82, 2.24) is 0 Å². The Labute approximate surface area is 198 Å². The molecule has 1 amide bonds. The Hall–Kier alpha value is -3.95. The lowest BCUT2D eigenvalue weighted by Crippen LogP contribution is -2.14. The van der Waals surface area contributed by atoms with Crippen LogP contribution in [0.5, 0.6) is 17.2 Å². The molecule has 0 aromatic heterocycles. The van der Waals surface area contributed by atoms with Crippen LogP contribution in [0.2, 0.25) is 5.02 Å². The first-order valence-electron chi connectivity index (χ1n) is 10.2. The van der Waals surface area contributed by atoms with Gasteiger partial charge in [-0.3, -0.25) is 4.79 Å². The topological polar surface area (TPSA) is 80.6 Å². The maximum Gasteiger partial charge on any atom is 0.266 e. The summed E-state index contributed by atoms with van der Waals surface area (Å²) in [6.45, 7) is 2.70. The smallest absolute Gasteiger partial charge is 0.266 e. The van der Waals surface area contributed by atoms with Crippen LogP contribution >= 0.6 is 11.6 Å². The van der Waals surface area contributed by atoms with Gasteiger partial charge in [0.2, 0.25) is 0 Å². The van der Waals surface area contributed by atoms with Crippen molar-refractivity contribution < 1.29 is 19.0 Å². The number of nitrogens with zero attached hydrogens (tertiary/aromatic N) is 1. The van der Waals surface area contributed by atoms with Crippen LogP contribution in [-0.4, -0.2) is 19.6 Å². The summed E-state index contributed by atoms with van der Waals surface area (Å²) in [6, 6.07) is 21.8. The van der Waals surface area contributed by atoms with Crippen LogP contribution in [0.3, 0.4) is 0 Å². The molecule has 7 heteroatoms. The fraction of sp³-hybridized carbons (Fsp3) is 0.154.